The van der Waals surface area contributed by atoms with E-state index in [1.807, 2.05) is 19.9 Å². The normalized spacial score (nSPS) is 10.0. The van der Waals surface area contributed by atoms with Crippen LogP contribution in [0.1, 0.15) is 19.4 Å². The van der Waals surface area contributed by atoms with E-state index in [0.29, 0.717) is 18.8 Å². The highest BCUT2D eigenvalue weighted by Crippen LogP contribution is 2.06. The average Bonchev–Trinajstić information content (AvgIpc) is 2.38. The fraction of sp³-hybridized carbons (Fsp3) is 0.429. The molecule has 1 aromatic carbocycles. The standard InChI is InChI=1S/C14H21N3O2/c1-3-17(4-2)14(19)10-16-13(18)9-11-6-5-7-12(15)8-11/h5-8H,3-4,9-10,15H2,1-2H3,(H,16,18). The number of nitrogen functional groups attached to an aromatic ring is 1. The van der Waals surface area contributed by atoms with Gasteiger partial charge in [0.1, 0.15) is 0 Å². The van der Waals surface area contributed by atoms with Crippen LogP contribution in [0.25, 0.3) is 0 Å². The van der Waals surface area contributed by atoms with Gasteiger partial charge in [0.25, 0.3) is 0 Å². The van der Waals surface area contributed by atoms with Crippen LogP contribution in [0.4, 0.5) is 5.69 Å². The molecule has 104 valence electrons. The van der Waals surface area contributed by atoms with Crippen LogP contribution in [-0.2, 0) is 16.0 Å². The number of carbonyl (C=O) groups excluding carboxylic acids is 2. The second-order valence-electron chi connectivity index (χ2n) is 4.26. The third-order valence-electron chi connectivity index (χ3n) is 2.87. The number of hydrogen-bond donors (Lipinski definition) is 2. The van der Waals surface area contributed by atoms with E-state index in [0.717, 1.165) is 5.56 Å². The highest BCUT2D eigenvalue weighted by Gasteiger charge is 2.11. The summed E-state index contributed by atoms with van der Waals surface area (Å²) < 4.78 is 0. The van der Waals surface area contributed by atoms with Crippen molar-refractivity contribution in [2.24, 2.45) is 0 Å². The summed E-state index contributed by atoms with van der Waals surface area (Å²) in [5.41, 5.74) is 7.11. The summed E-state index contributed by atoms with van der Waals surface area (Å²) in [7, 11) is 0. The number of hydrogen-bond acceptors (Lipinski definition) is 3. The first-order chi connectivity index (χ1) is 9.06. The Morgan fingerprint density at radius 2 is 1.95 bits per heavy atom. The number of nitrogens with one attached hydrogen (secondary N) is 1. The van der Waals surface area contributed by atoms with E-state index in [1.54, 1.807) is 23.1 Å². The fourth-order valence-corrected chi connectivity index (χ4v) is 1.81. The highest BCUT2D eigenvalue weighted by atomic mass is 16.2. The van der Waals surface area contributed by atoms with Gasteiger partial charge in [0.15, 0.2) is 0 Å². The van der Waals surface area contributed by atoms with Gasteiger partial charge in [-0.3, -0.25) is 9.59 Å². The minimum absolute atomic E-state index is 0.0445. The molecule has 1 rings (SSSR count). The monoisotopic (exact) mass is 263 g/mol. The van der Waals surface area contributed by atoms with Crippen molar-refractivity contribution in [1.29, 1.82) is 0 Å². The van der Waals surface area contributed by atoms with Crippen molar-refractivity contribution in [1.82, 2.24) is 10.2 Å². The van der Waals surface area contributed by atoms with E-state index in [-0.39, 0.29) is 24.8 Å². The number of nitrogens with zero attached hydrogens (tertiary/aromatic N) is 1. The van der Waals surface area contributed by atoms with Gasteiger partial charge < -0.3 is 16.0 Å². The molecule has 0 aliphatic heterocycles. The smallest absolute Gasteiger partial charge is 0.241 e. The molecule has 0 saturated carbocycles. The second-order valence-corrected chi connectivity index (χ2v) is 4.26. The maximum atomic E-state index is 11.7. The van der Waals surface area contributed by atoms with E-state index in [9.17, 15) is 9.59 Å². The fourth-order valence-electron chi connectivity index (χ4n) is 1.81. The molecule has 0 radical (unpaired) electrons. The van der Waals surface area contributed by atoms with Crippen LogP contribution in [0.2, 0.25) is 0 Å². The summed E-state index contributed by atoms with van der Waals surface area (Å²) in [6.07, 6.45) is 0.233. The van der Waals surface area contributed by atoms with Crippen LogP contribution in [0.3, 0.4) is 0 Å². The lowest BCUT2D eigenvalue weighted by molar-refractivity contribution is -0.132. The Bertz CT molecular complexity index is 442. The number of carbonyl (C=O) groups is 2. The van der Waals surface area contributed by atoms with Crippen molar-refractivity contribution in [3.8, 4) is 0 Å². The maximum absolute atomic E-state index is 11.7. The Hall–Kier alpha value is -2.04. The molecule has 5 nitrogen and oxygen atoms in total. The van der Waals surface area contributed by atoms with Crippen LogP contribution in [0.5, 0.6) is 0 Å². The minimum Gasteiger partial charge on any atom is -0.399 e. The van der Waals surface area contributed by atoms with E-state index < -0.39 is 0 Å². The Morgan fingerprint density at radius 3 is 2.53 bits per heavy atom. The predicted molar refractivity (Wildman–Crippen MR) is 75.5 cm³/mol. The van der Waals surface area contributed by atoms with Gasteiger partial charge in [0.05, 0.1) is 13.0 Å². The summed E-state index contributed by atoms with van der Waals surface area (Å²) in [4.78, 5) is 25.1. The summed E-state index contributed by atoms with van der Waals surface area (Å²) in [6.45, 7) is 5.18. The van der Waals surface area contributed by atoms with Crippen LogP contribution in [-0.4, -0.2) is 36.3 Å². The average molecular weight is 263 g/mol. The zero-order valence-electron chi connectivity index (χ0n) is 11.5. The van der Waals surface area contributed by atoms with Crippen molar-refractivity contribution in [2.75, 3.05) is 25.4 Å². The Morgan fingerprint density at radius 1 is 1.26 bits per heavy atom. The van der Waals surface area contributed by atoms with Crippen LogP contribution in [0, 0.1) is 0 Å². The van der Waals surface area contributed by atoms with E-state index in [2.05, 4.69) is 5.32 Å². The molecule has 0 atom stereocenters. The Kier molecular flexibility index (Phi) is 5.85. The summed E-state index contributed by atoms with van der Waals surface area (Å²) in [5, 5.41) is 2.63. The van der Waals surface area contributed by atoms with Gasteiger partial charge in [-0.1, -0.05) is 12.1 Å². The van der Waals surface area contributed by atoms with Gasteiger partial charge >= 0.3 is 0 Å². The molecule has 0 bridgehead atoms. The quantitative estimate of drug-likeness (QED) is 0.745. The van der Waals surface area contributed by atoms with Crippen molar-refractivity contribution in [3.63, 3.8) is 0 Å². The minimum atomic E-state index is -0.175. The number of benzene rings is 1. The highest BCUT2D eigenvalue weighted by molar-refractivity contribution is 5.85. The molecule has 3 N–H and O–H groups in total. The van der Waals surface area contributed by atoms with Crippen molar-refractivity contribution in [3.05, 3.63) is 29.8 Å². The molecule has 19 heavy (non-hydrogen) atoms. The van der Waals surface area contributed by atoms with Crippen molar-refractivity contribution >= 4 is 17.5 Å². The third kappa shape index (κ3) is 4.99. The second kappa shape index (κ2) is 7.41. The molecule has 2 amide bonds. The van der Waals surface area contributed by atoms with Gasteiger partial charge in [-0.05, 0) is 31.5 Å². The van der Waals surface area contributed by atoms with E-state index in [1.165, 1.54) is 0 Å². The first kappa shape index (κ1) is 15.0. The molecule has 0 saturated heterocycles. The molecule has 0 aliphatic carbocycles. The molecular weight excluding hydrogens is 242 g/mol. The Balaban J connectivity index is 2.42. The number of rotatable bonds is 6. The van der Waals surface area contributed by atoms with Gasteiger partial charge in [0, 0.05) is 18.8 Å². The lowest BCUT2D eigenvalue weighted by atomic mass is 10.1. The zero-order valence-corrected chi connectivity index (χ0v) is 11.5. The lowest BCUT2D eigenvalue weighted by Crippen LogP contribution is -2.40. The molecule has 0 unspecified atom stereocenters. The van der Waals surface area contributed by atoms with Crippen LogP contribution in [0.15, 0.2) is 24.3 Å². The molecule has 0 aliphatic rings. The third-order valence-corrected chi connectivity index (χ3v) is 2.87. The largest absolute Gasteiger partial charge is 0.399 e. The summed E-state index contributed by atoms with van der Waals surface area (Å²) in [5.74, 6) is -0.239. The molecule has 5 heteroatoms. The first-order valence-corrected chi connectivity index (χ1v) is 6.45. The molecule has 0 aromatic heterocycles. The first-order valence-electron chi connectivity index (χ1n) is 6.45. The number of likely N-dealkylation sites (N-methyl/N-ethyl adjacent to an activating group) is 1. The topological polar surface area (TPSA) is 75.4 Å². The maximum Gasteiger partial charge on any atom is 0.241 e. The number of amides is 2. The molecule has 0 heterocycles. The summed E-state index contributed by atoms with van der Waals surface area (Å²) >= 11 is 0. The Labute approximate surface area is 113 Å². The van der Waals surface area contributed by atoms with Gasteiger partial charge in [-0.25, -0.2) is 0 Å². The van der Waals surface area contributed by atoms with Crippen molar-refractivity contribution < 1.29 is 9.59 Å². The molecule has 0 fully saturated rings. The van der Waals surface area contributed by atoms with Gasteiger partial charge in [-0.15, -0.1) is 0 Å². The molecule has 0 spiro atoms. The van der Waals surface area contributed by atoms with Crippen LogP contribution < -0.4 is 11.1 Å². The van der Waals surface area contributed by atoms with Crippen molar-refractivity contribution in [2.45, 2.75) is 20.3 Å². The zero-order chi connectivity index (χ0) is 14.3. The predicted octanol–water partition coefficient (Wildman–Crippen LogP) is 0.796. The van der Waals surface area contributed by atoms with E-state index >= 15 is 0 Å². The number of nitrogens with two attached hydrogens (primary N) is 1. The summed E-state index contributed by atoms with van der Waals surface area (Å²) in [6, 6.07) is 7.16. The van der Waals surface area contributed by atoms with Gasteiger partial charge in [-0.2, -0.15) is 0 Å². The SMILES string of the molecule is CCN(CC)C(=O)CNC(=O)Cc1cccc(N)c1. The van der Waals surface area contributed by atoms with Crippen LogP contribution >= 0.6 is 0 Å². The number of anilines is 1. The molecular formula is C14H21N3O2. The van der Waals surface area contributed by atoms with E-state index in [4.69, 9.17) is 5.73 Å². The molecule has 1 aromatic rings. The van der Waals surface area contributed by atoms with Gasteiger partial charge in [0.2, 0.25) is 11.8 Å². The lowest BCUT2D eigenvalue weighted by Gasteiger charge is -2.18.